The first-order valence-corrected chi connectivity index (χ1v) is 8.94. The minimum Gasteiger partial charge on any atom is -0.457 e. The van der Waals surface area contributed by atoms with E-state index in [4.69, 9.17) is 39.2 Å². The molecule has 2 aromatic carbocycles. The van der Waals surface area contributed by atoms with Gasteiger partial charge in [-0.05, 0) is 42.5 Å². The van der Waals surface area contributed by atoms with Crippen LogP contribution in [-0.2, 0) is 4.79 Å². The predicted octanol–water partition coefficient (Wildman–Crippen LogP) is 6.47. The number of furan rings is 1. The molecule has 0 aliphatic heterocycles. The normalized spacial score (nSPS) is 11.0. The van der Waals surface area contributed by atoms with Crippen molar-refractivity contribution in [3.63, 3.8) is 0 Å². The lowest BCUT2D eigenvalue weighted by Gasteiger charge is -2.04. The number of carbonyl (C=O) groups excluding carboxylic acids is 1. The van der Waals surface area contributed by atoms with Crippen LogP contribution in [0.4, 0.5) is 11.4 Å². The largest absolute Gasteiger partial charge is 0.457 e. The molecule has 0 radical (unpaired) electrons. The van der Waals surface area contributed by atoms with E-state index in [2.05, 4.69) is 5.32 Å². The van der Waals surface area contributed by atoms with Gasteiger partial charge in [0.2, 0.25) is 5.91 Å². The zero-order chi connectivity index (χ0) is 20.3. The number of nitrogens with one attached hydrogen (secondary N) is 1. The third kappa shape index (κ3) is 4.92. The number of halogens is 3. The Bertz CT molecular complexity index is 1070. The van der Waals surface area contributed by atoms with E-state index in [1.54, 1.807) is 30.3 Å². The number of benzene rings is 2. The summed E-state index contributed by atoms with van der Waals surface area (Å²) in [5, 5.41) is 14.3. The highest BCUT2D eigenvalue weighted by Crippen LogP contribution is 2.29. The van der Waals surface area contributed by atoms with Crippen LogP contribution in [0.15, 0.2) is 59.0 Å². The summed E-state index contributed by atoms with van der Waals surface area (Å²) in [5.41, 5.74) is 0.803. The summed E-state index contributed by atoms with van der Waals surface area (Å²) in [6.45, 7) is 0. The minimum atomic E-state index is -0.570. The van der Waals surface area contributed by atoms with Crippen molar-refractivity contribution in [2.45, 2.75) is 0 Å². The number of anilines is 1. The third-order valence-corrected chi connectivity index (χ3v) is 4.34. The summed E-state index contributed by atoms with van der Waals surface area (Å²) in [7, 11) is 0. The fourth-order valence-electron chi connectivity index (χ4n) is 2.34. The number of nitro benzene ring substituents is 1. The van der Waals surface area contributed by atoms with Gasteiger partial charge in [-0.25, -0.2) is 0 Å². The van der Waals surface area contributed by atoms with E-state index in [0.717, 1.165) is 6.07 Å². The maximum absolute atomic E-state index is 12.1. The van der Waals surface area contributed by atoms with Gasteiger partial charge in [0.25, 0.3) is 5.69 Å². The lowest BCUT2D eigenvalue weighted by Crippen LogP contribution is -2.08. The van der Waals surface area contributed by atoms with Crippen LogP contribution >= 0.6 is 34.8 Å². The fourth-order valence-corrected chi connectivity index (χ4v) is 3.09. The van der Waals surface area contributed by atoms with Crippen molar-refractivity contribution in [1.29, 1.82) is 0 Å². The van der Waals surface area contributed by atoms with Gasteiger partial charge in [0, 0.05) is 33.8 Å². The Morgan fingerprint density at radius 3 is 2.39 bits per heavy atom. The van der Waals surface area contributed by atoms with Crippen molar-refractivity contribution < 1.29 is 14.1 Å². The topological polar surface area (TPSA) is 85.4 Å². The molecule has 0 saturated carbocycles. The first-order chi connectivity index (χ1) is 13.3. The van der Waals surface area contributed by atoms with Gasteiger partial charge < -0.3 is 9.73 Å². The van der Waals surface area contributed by atoms with Crippen LogP contribution in [0.25, 0.3) is 17.4 Å². The predicted molar refractivity (Wildman–Crippen MR) is 110 cm³/mol. The van der Waals surface area contributed by atoms with Gasteiger partial charge >= 0.3 is 0 Å². The maximum Gasteiger partial charge on any atom is 0.271 e. The highest BCUT2D eigenvalue weighted by Gasteiger charge is 2.11. The van der Waals surface area contributed by atoms with Gasteiger partial charge in [0.15, 0.2) is 0 Å². The molecule has 1 heterocycles. The van der Waals surface area contributed by atoms with E-state index >= 15 is 0 Å². The van der Waals surface area contributed by atoms with Crippen LogP contribution < -0.4 is 5.32 Å². The second-order valence-corrected chi connectivity index (χ2v) is 6.88. The Balaban J connectivity index is 1.70. The Hall–Kier alpha value is -2.80. The molecule has 9 heteroatoms. The number of amides is 1. The lowest BCUT2D eigenvalue weighted by atomic mass is 10.2. The Morgan fingerprint density at radius 1 is 1.04 bits per heavy atom. The summed E-state index contributed by atoms with van der Waals surface area (Å²) >= 11 is 17.9. The Labute approximate surface area is 174 Å². The van der Waals surface area contributed by atoms with Crippen molar-refractivity contribution in [2.75, 3.05) is 5.32 Å². The van der Waals surface area contributed by atoms with E-state index < -0.39 is 10.8 Å². The van der Waals surface area contributed by atoms with Gasteiger partial charge in [0.05, 0.1) is 15.6 Å². The van der Waals surface area contributed by atoms with Gasteiger partial charge in [-0.15, -0.1) is 0 Å². The zero-order valence-electron chi connectivity index (χ0n) is 14.0. The minimum absolute atomic E-state index is 0.0640. The molecule has 1 aromatic heterocycles. The standard InChI is InChI=1S/C19H11Cl3N2O4/c20-12-7-11(8-13(21)9-12)18-5-2-15(28-18)3-6-19(25)23-17-4-1-14(24(26)27)10-16(17)22/h1-10H,(H,23,25)/b6-3+. The van der Waals surface area contributed by atoms with Gasteiger partial charge in [-0.1, -0.05) is 34.8 Å². The smallest absolute Gasteiger partial charge is 0.271 e. The zero-order valence-corrected chi connectivity index (χ0v) is 16.3. The average Bonchev–Trinajstić information content (AvgIpc) is 3.10. The molecule has 0 bridgehead atoms. The van der Waals surface area contributed by atoms with E-state index in [1.807, 2.05) is 0 Å². The lowest BCUT2D eigenvalue weighted by molar-refractivity contribution is -0.384. The monoisotopic (exact) mass is 436 g/mol. The summed E-state index contributed by atoms with van der Waals surface area (Å²) in [4.78, 5) is 22.2. The molecule has 1 amide bonds. The second kappa shape index (κ2) is 8.48. The van der Waals surface area contributed by atoms with Crippen LogP contribution in [0.1, 0.15) is 5.76 Å². The fraction of sp³-hybridized carbons (Fsp3) is 0. The first-order valence-electron chi connectivity index (χ1n) is 7.81. The highest BCUT2D eigenvalue weighted by atomic mass is 35.5. The molecule has 0 saturated heterocycles. The third-order valence-electron chi connectivity index (χ3n) is 3.59. The highest BCUT2D eigenvalue weighted by molar-refractivity contribution is 6.35. The van der Waals surface area contributed by atoms with Crippen molar-refractivity contribution in [2.24, 2.45) is 0 Å². The summed E-state index contributed by atoms with van der Waals surface area (Å²) < 4.78 is 5.66. The van der Waals surface area contributed by atoms with Crippen LogP contribution in [0.3, 0.4) is 0 Å². The van der Waals surface area contributed by atoms with E-state index in [-0.39, 0.29) is 16.4 Å². The molecule has 1 N–H and O–H groups in total. The van der Waals surface area contributed by atoms with Crippen LogP contribution in [0.5, 0.6) is 0 Å². The van der Waals surface area contributed by atoms with Crippen LogP contribution in [0.2, 0.25) is 15.1 Å². The molecule has 28 heavy (non-hydrogen) atoms. The SMILES string of the molecule is O=C(/C=C/c1ccc(-c2cc(Cl)cc(Cl)c2)o1)Nc1ccc([N+](=O)[O-])cc1Cl. The number of nitrogens with zero attached hydrogens (tertiary/aromatic N) is 1. The van der Waals surface area contributed by atoms with E-state index in [0.29, 0.717) is 27.1 Å². The van der Waals surface area contributed by atoms with Crippen molar-refractivity contribution in [3.8, 4) is 11.3 Å². The number of hydrogen-bond acceptors (Lipinski definition) is 4. The molecule has 3 aromatic rings. The van der Waals surface area contributed by atoms with Gasteiger partial charge in [-0.3, -0.25) is 14.9 Å². The summed E-state index contributed by atoms with van der Waals surface area (Å²) in [6.07, 6.45) is 2.73. The van der Waals surface area contributed by atoms with E-state index in [1.165, 1.54) is 24.3 Å². The van der Waals surface area contributed by atoms with Crippen LogP contribution in [0, 0.1) is 10.1 Å². The number of rotatable bonds is 5. The number of nitro groups is 1. The molecule has 0 unspecified atom stereocenters. The molecule has 0 aliphatic rings. The first kappa shape index (κ1) is 19.9. The van der Waals surface area contributed by atoms with Crippen molar-refractivity contribution >= 4 is 58.2 Å². The molecule has 142 valence electrons. The molecular weight excluding hydrogens is 427 g/mol. The maximum atomic E-state index is 12.1. The second-order valence-electron chi connectivity index (χ2n) is 5.60. The Kier molecular flexibility index (Phi) is 6.04. The number of carbonyl (C=O) groups is 1. The molecule has 3 rings (SSSR count). The van der Waals surface area contributed by atoms with E-state index in [9.17, 15) is 14.9 Å². The molecular formula is C19H11Cl3N2O4. The van der Waals surface area contributed by atoms with Crippen molar-refractivity contribution in [3.05, 3.63) is 85.5 Å². The molecule has 0 spiro atoms. The Morgan fingerprint density at radius 2 is 1.75 bits per heavy atom. The molecule has 0 aliphatic carbocycles. The van der Waals surface area contributed by atoms with Crippen LogP contribution in [-0.4, -0.2) is 10.8 Å². The van der Waals surface area contributed by atoms with Gasteiger partial charge in [0.1, 0.15) is 11.5 Å². The quantitative estimate of drug-likeness (QED) is 0.282. The average molecular weight is 438 g/mol. The van der Waals surface area contributed by atoms with Crippen molar-refractivity contribution in [1.82, 2.24) is 0 Å². The molecule has 0 atom stereocenters. The van der Waals surface area contributed by atoms with Gasteiger partial charge in [-0.2, -0.15) is 0 Å². The molecule has 6 nitrogen and oxygen atoms in total. The summed E-state index contributed by atoms with van der Waals surface area (Å²) in [6, 6.07) is 12.2. The number of non-ortho nitro benzene ring substituents is 1. The molecule has 0 fully saturated rings. The summed E-state index contributed by atoms with van der Waals surface area (Å²) in [5.74, 6) is 0.512. The number of hydrogen-bond donors (Lipinski definition) is 1.